The fraction of sp³-hybridized carbons (Fsp3) is 0.353. The molecule has 0 spiro atoms. The number of hydrogen-bond acceptors (Lipinski definition) is 3. The molecule has 0 saturated heterocycles. The topological polar surface area (TPSA) is 34.1 Å². The standard InChI is InChI=1S/C17H20N2O/c1-12-5-3-4-6-16(12)13-9-15(10-13)19-14-7-8-17(20-2)18-11-14/h3-8,11,13,15,19H,9-10H2,1-2H3. The molecule has 1 saturated carbocycles. The van der Waals surface area contributed by atoms with Crippen LogP contribution in [0.15, 0.2) is 42.6 Å². The Hall–Kier alpha value is -2.03. The number of methoxy groups -OCH3 is 1. The van der Waals surface area contributed by atoms with E-state index in [9.17, 15) is 0 Å². The van der Waals surface area contributed by atoms with Crippen LogP contribution in [0.1, 0.15) is 29.9 Å². The van der Waals surface area contributed by atoms with E-state index in [1.807, 2.05) is 18.3 Å². The number of anilines is 1. The minimum atomic E-state index is 0.551. The van der Waals surface area contributed by atoms with Gasteiger partial charge in [0.2, 0.25) is 5.88 Å². The monoisotopic (exact) mass is 268 g/mol. The number of nitrogens with one attached hydrogen (secondary N) is 1. The van der Waals surface area contributed by atoms with Crippen LogP contribution in [0, 0.1) is 6.92 Å². The number of benzene rings is 1. The van der Waals surface area contributed by atoms with Crippen molar-refractivity contribution in [3.63, 3.8) is 0 Å². The maximum Gasteiger partial charge on any atom is 0.213 e. The number of ether oxygens (including phenoxy) is 1. The van der Waals surface area contributed by atoms with Crippen molar-refractivity contribution in [1.82, 2.24) is 4.98 Å². The summed E-state index contributed by atoms with van der Waals surface area (Å²) >= 11 is 0. The van der Waals surface area contributed by atoms with E-state index in [0.717, 1.165) is 5.69 Å². The lowest BCUT2D eigenvalue weighted by atomic mass is 9.74. The van der Waals surface area contributed by atoms with Crippen molar-refractivity contribution < 1.29 is 4.74 Å². The van der Waals surface area contributed by atoms with Gasteiger partial charge in [-0.1, -0.05) is 24.3 Å². The third-order valence-corrected chi connectivity index (χ3v) is 4.08. The highest BCUT2D eigenvalue weighted by Gasteiger charge is 2.30. The van der Waals surface area contributed by atoms with E-state index in [1.165, 1.54) is 24.0 Å². The molecule has 1 aliphatic rings. The van der Waals surface area contributed by atoms with Crippen molar-refractivity contribution in [1.29, 1.82) is 0 Å². The largest absolute Gasteiger partial charge is 0.481 e. The average molecular weight is 268 g/mol. The molecule has 0 bridgehead atoms. The van der Waals surface area contributed by atoms with E-state index < -0.39 is 0 Å². The van der Waals surface area contributed by atoms with Crippen molar-refractivity contribution in [2.45, 2.75) is 31.7 Å². The van der Waals surface area contributed by atoms with Gasteiger partial charge in [0, 0.05) is 12.1 Å². The second kappa shape index (κ2) is 5.53. The maximum atomic E-state index is 5.06. The molecule has 0 aliphatic heterocycles. The Labute approximate surface area is 120 Å². The number of rotatable bonds is 4. The number of nitrogens with zero attached hydrogens (tertiary/aromatic N) is 1. The summed E-state index contributed by atoms with van der Waals surface area (Å²) in [5.74, 6) is 1.35. The quantitative estimate of drug-likeness (QED) is 0.916. The van der Waals surface area contributed by atoms with E-state index in [-0.39, 0.29) is 0 Å². The Morgan fingerprint density at radius 2 is 1.95 bits per heavy atom. The van der Waals surface area contributed by atoms with Gasteiger partial charge >= 0.3 is 0 Å². The Balaban J connectivity index is 1.56. The van der Waals surface area contributed by atoms with Gasteiger partial charge < -0.3 is 10.1 Å². The zero-order valence-electron chi connectivity index (χ0n) is 12.0. The zero-order valence-corrected chi connectivity index (χ0v) is 12.0. The van der Waals surface area contributed by atoms with E-state index in [2.05, 4.69) is 41.5 Å². The molecule has 104 valence electrons. The van der Waals surface area contributed by atoms with Crippen LogP contribution in [-0.4, -0.2) is 18.1 Å². The third kappa shape index (κ3) is 2.62. The molecule has 0 radical (unpaired) electrons. The Morgan fingerprint density at radius 1 is 1.15 bits per heavy atom. The summed E-state index contributed by atoms with van der Waals surface area (Å²) in [6, 6.07) is 13.2. The van der Waals surface area contributed by atoms with Gasteiger partial charge in [0.05, 0.1) is 19.0 Å². The first-order valence-corrected chi connectivity index (χ1v) is 7.08. The molecule has 0 atom stereocenters. The van der Waals surface area contributed by atoms with Crippen LogP contribution in [0.2, 0.25) is 0 Å². The van der Waals surface area contributed by atoms with Crippen molar-refractivity contribution in [3.8, 4) is 5.88 Å². The molecule has 1 aromatic heterocycles. The molecular formula is C17H20N2O. The molecule has 1 heterocycles. The van der Waals surface area contributed by atoms with Gasteiger partial charge in [0.25, 0.3) is 0 Å². The molecule has 1 aliphatic carbocycles. The summed E-state index contributed by atoms with van der Waals surface area (Å²) in [4.78, 5) is 4.22. The molecule has 0 amide bonds. The van der Waals surface area contributed by atoms with Gasteiger partial charge in [-0.15, -0.1) is 0 Å². The number of aryl methyl sites for hydroxylation is 1. The number of aromatic nitrogens is 1. The van der Waals surface area contributed by atoms with Gasteiger partial charge in [-0.05, 0) is 42.9 Å². The van der Waals surface area contributed by atoms with Gasteiger partial charge in [-0.25, -0.2) is 4.98 Å². The van der Waals surface area contributed by atoms with Crippen molar-refractivity contribution in [3.05, 3.63) is 53.7 Å². The van der Waals surface area contributed by atoms with E-state index in [4.69, 9.17) is 4.74 Å². The summed E-state index contributed by atoms with van der Waals surface area (Å²) in [5, 5.41) is 3.53. The lowest BCUT2D eigenvalue weighted by Gasteiger charge is -2.37. The van der Waals surface area contributed by atoms with Crippen LogP contribution in [0.4, 0.5) is 5.69 Å². The fourth-order valence-electron chi connectivity index (χ4n) is 2.86. The minimum absolute atomic E-state index is 0.551. The molecule has 20 heavy (non-hydrogen) atoms. The van der Waals surface area contributed by atoms with Crippen LogP contribution in [-0.2, 0) is 0 Å². The smallest absolute Gasteiger partial charge is 0.213 e. The molecule has 1 N–H and O–H groups in total. The highest BCUT2D eigenvalue weighted by molar-refractivity contribution is 5.44. The second-order valence-electron chi connectivity index (χ2n) is 5.46. The summed E-state index contributed by atoms with van der Waals surface area (Å²) in [7, 11) is 1.63. The summed E-state index contributed by atoms with van der Waals surface area (Å²) in [6.07, 6.45) is 4.22. The second-order valence-corrected chi connectivity index (χ2v) is 5.46. The van der Waals surface area contributed by atoms with Crippen molar-refractivity contribution in [2.24, 2.45) is 0 Å². The summed E-state index contributed by atoms with van der Waals surface area (Å²) in [5.41, 5.74) is 3.97. The molecule has 3 rings (SSSR count). The van der Waals surface area contributed by atoms with E-state index in [1.54, 1.807) is 7.11 Å². The molecule has 1 aromatic carbocycles. The van der Waals surface area contributed by atoms with Crippen LogP contribution in [0.25, 0.3) is 0 Å². The summed E-state index contributed by atoms with van der Waals surface area (Å²) in [6.45, 7) is 2.20. The number of pyridine rings is 1. The fourth-order valence-corrected chi connectivity index (χ4v) is 2.86. The Bertz CT molecular complexity index is 574. The van der Waals surface area contributed by atoms with Gasteiger partial charge in [0.15, 0.2) is 0 Å². The predicted molar refractivity (Wildman–Crippen MR) is 81.4 cm³/mol. The van der Waals surface area contributed by atoms with E-state index >= 15 is 0 Å². The van der Waals surface area contributed by atoms with Crippen molar-refractivity contribution >= 4 is 5.69 Å². The SMILES string of the molecule is COc1ccc(NC2CC(c3ccccc3C)C2)cn1. The lowest BCUT2D eigenvalue weighted by molar-refractivity contribution is 0.372. The molecule has 3 heteroatoms. The molecule has 3 nitrogen and oxygen atoms in total. The highest BCUT2D eigenvalue weighted by Crippen LogP contribution is 2.39. The predicted octanol–water partition coefficient (Wildman–Crippen LogP) is 3.76. The highest BCUT2D eigenvalue weighted by atomic mass is 16.5. The van der Waals surface area contributed by atoms with Crippen LogP contribution < -0.4 is 10.1 Å². The first-order chi connectivity index (χ1) is 9.76. The average Bonchev–Trinajstić information content (AvgIpc) is 2.44. The van der Waals surface area contributed by atoms with Gasteiger partial charge in [0.1, 0.15) is 0 Å². The Kier molecular flexibility index (Phi) is 3.59. The summed E-state index contributed by atoms with van der Waals surface area (Å²) < 4.78 is 5.06. The molecule has 1 fully saturated rings. The van der Waals surface area contributed by atoms with Crippen LogP contribution in [0.3, 0.4) is 0 Å². The van der Waals surface area contributed by atoms with Crippen LogP contribution in [0.5, 0.6) is 5.88 Å². The maximum absolute atomic E-state index is 5.06. The third-order valence-electron chi connectivity index (χ3n) is 4.08. The Morgan fingerprint density at radius 3 is 2.60 bits per heavy atom. The molecule has 2 aromatic rings. The normalized spacial score (nSPS) is 21.1. The van der Waals surface area contributed by atoms with Crippen LogP contribution >= 0.6 is 0 Å². The van der Waals surface area contributed by atoms with E-state index in [0.29, 0.717) is 17.8 Å². The first-order valence-electron chi connectivity index (χ1n) is 7.08. The lowest BCUT2D eigenvalue weighted by Crippen LogP contribution is -2.34. The van der Waals surface area contributed by atoms with Crippen molar-refractivity contribution in [2.75, 3.05) is 12.4 Å². The minimum Gasteiger partial charge on any atom is -0.481 e. The number of hydrogen-bond donors (Lipinski definition) is 1. The zero-order chi connectivity index (χ0) is 13.9. The molecule has 0 unspecified atom stereocenters. The van der Waals surface area contributed by atoms with Gasteiger partial charge in [-0.3, -0.25) is 0 Å². The van der Waals surface area contributed by atoms with Gasteiger partial charge in [-0.2, -0.15) is 0 Å². The molecular weight excluding hydrogens is 248 g/mol. The first kappa shape index (κ1) is 13.0.